The average molecular weight is 468 g/mol. The SMILES string of the molecule is COc1ccc(S(=O)(=O)Nc2ccccc2C(=O)Nc2nc3c(C)c(C)ccc3s2)cc1. The number of hydrogen-bond acceptors (Lipinski definition) is 6. The summed E-state index contributed by atoms with van der Waals surface area (Å²) in [5.41, 5.74) is 3.40. The number of fused-ring (bicyclic) bond motifs is 1. The minimum atomic E-state index is -3.90. The molecule has 4 rings (SSSR count). The number of benzene rings is 3. The molecule has 3 aromatic carbocycles. The van der Waals surface area contributed by atoms with E-state index in [0.717, 1.165) is 21.3 Å². The van der Waals surface area contributed by atoms with Crippen LogP contribution in [0.5, 0.6) is 5.75 Å². The van der Waals surface area contributed by atoms with Gasteiger partial charge in [-0.1, -0.05) is 29.5 Å². The quantitative estimate of drug-likeness (QED) is 0.417. The molecule has 0 saturated heterocycles. The van der Waals surface area contributed by atoms with E-state index in [1.54, 1.807) is 36.4 Å². The summed E-state index contributed by atoms with van der Waals surface area (Å²) in [6.45, 7) is 4.00. The number of aryl methyl sites for hydroxylation is 2. The van der Waals surface area contributed by atoms with Gasteiger partial charge >= 0.3 is 0 Å². The van der Waals surface area contributed by atoms with Gasteiger partial charge < -0.3 is 4.74 Å². The zero-order valence-corrected chi connectivity index (χ0v) is 19.3. The second-order valence-corrected chi connectivity index (χ2v) is 9.87. The van der Waals surface area contributed by atoms with Gasteiger partial charge in [-0.15, -0.1) is 0 Å². The number of aromatic nitrogens is 1. The van der Waals surface area contributed by atoms with Crippen molar-refractivity contribution in [1.29, 1.82) is 0 Å². The number of ether oxygens (including phenoxy) is 1. The van der Waals surface area contributed by atoms with Gasteiger partial charge in [0.2, 0.25) is 0 Å². The predicted octanol–water partition coefficient (Wildman–Crippen LogP) is 4.97. The standard InChI is InChI=1S/C23H21N3O4S2/c1-14-8-13-20-21(15(14)2)24-23(31-20)25-22(27)18-6-4-5-7-19(18)26-32(28,29)17-11-9-16(30-3)10-12-17/h4-13,26H,1-3H3,(H,24,25,27). The van der Waals surface area contributed by atoms with Gasteiger partial charge in [0.1, 0.15) is 5.75 Å². The fourth-order valence-electron chi connectivity index (χ4n) is 3.17. The number of sulfonamides is 1. The van der Waals surface area contributed by atoms with E-state index in [0.29, 0.717) is 10.9 Å². The number of carbonyl (C=O) groups is 1. The molecule has 0 aliphatic rings. The molecule has 0 radical (unpaired) electrons. The van der Waals surface area contributed by atoms with E-state index in [-0.39, 0.29) is 16.1 Å². The number of methoxy groups -OCH3 is 1. The van der Waals surface area contributed by atoms with Crippen LogP contribution in [0.1, 0.15) is 21.5 Å². The highest BCUT2D eigenvalue weighted by Gasteiger charge is 2.20. The molecule has 1 aromatic heterocycles. The average Bonchev–Trinajstić information content (AvgIpc) is 3.19. The highest BCUT2D eigenvalue weighted by atomic mass is 32.2. The molecule has 4 aromatic rings. The van der Waals surface area contributed by atoms with Crippen LogP contribution in [-0.4, -0.2) is 26.4 Å². The van der Waals surface area contributed by atoms with Gasteiger partial charge in [0.25, 0.3) is 15.9 Å². The molecule has 7 nitrogen and oxygen atoms in total. The molecule has 0 aliphatic heterocycles. The highest BCUT2D eigenvalue weighted by molar-refractivity contribution is 7.92. The van der Waals surface area contributed by atoms with Crippen LogP contribution in [0, 0.1) is 13.8 Å². The van der Waals surface area contributed by atoms with Gasteiger partial charge in [-0.05, 0) is 67.4 Å². The first-order chi connectivity index (χ1) is 15.3. The number of anilines is 2. The van der Waals surface area contributed by atoms with Gasteiger partial charge in [0.05, 0.1) is 33.5 Å². The Hall–Kier alpha value is -3.43. The molecule has 2 N–H and O–H groups in total. The molecule has 0 bridgehead atoms. The van der Waals surface area contributed by atoms with Crippen molar-refractivity contribution >= 4 is 48.3 Å². The number of rotatable bonds is 6. The van der Waals surface area contributed by atoms with Crippen LogP contribution in [0.4, 0.5) is 10.8 Å². The maximum atomic E-state index is 13.0. The van der Waals surface area contributed by atoms with Gasteiger partial charge in [0, 0.05) is 0 Å². The van der Waals surface area contributed by atoms with E-state index < -0.39 is 15.9 Å². The molecule has 0 spiro atoms. The van der Waals surface area contributed by atoms with Crippen molar-refractivity contribution in [1.82, 2.24) is 4.98 Å². The predicted molar refractivity (Wildman–Crippen MR) is 127 cm³/mol. The van der Waals surface area contributed by atoms with Crippen molar-refractivity contribution < 1.29 is 17.9 Å². The monoisotopic (exact) mass is 467 g/mol. The van der Waals surface area contributed by atoms with Crippen molar-refractivity contribution in [3.05, 3.63) is 77.4 Å². The largest absolute Gasteiger partial charge is 0.497 e. The van der Waals surface area contributed by atoms with E-state index in [1.165, 1.54) is 30.6 Å². The lowest BCUT2D eigenvalue weighted by atomic mass is 10.1. The fourth-order valence-corrected chi connectivity index (χ4v) is 5.17. The minimum Gasteiger partial charge on any atom is -0.497 e. The summed E-state index contributed by atoms with van der Waals surface area (Å²) in [4.78, 5) is 17.6. The van der Waals surface area contributed by atoms with Gasteiger partial charge in [-0.25, -0.2) is 13.4 Å². The number of para-hydroxylation sites is 1. The summed E-state index contributed by atoms with van der Waals surface area (Å²) >= 11 is 1.37. The number of nitrogens with one attached hydrogen (secondary N) is 2. The molecule has 1 amide bonds. The lowest BCUT2D eigenvalue weighted by molar-refractivity contribution is 0.102. The van der Waals surface area contributed by atoms with E-state index in [9.17, 15) is 13.2 Å². The zero-order valence-electron chi connectivity index (χ0n) is 17.7. The smallest absolute Gasteiger partial charge is 0.261 e. The summed E-state index contributed by atoms with van der Waals surface area (Å²) < 4.78 is 34.2. The Morgan fingerprint density at radius 3 is 2.44 bits per heavy atom. The summed E-state index contributed by atoms with van der Waals surface area (Å²) in [7, 11) is -2.39. The van der Waals surface area contributed by atoms with Gasteiger partial charge in [-0.3, -0.25) is 14.8 Å². The molecule has 0 fully saturated rings. The van der Waals surface area contributed by atoms with Crippen LogP contribution in [0.2, 0.25) is 0 Å². The number of nitrogens with zero attached hydrogens (tertiary/aromatic N) is 1. The third-order valence-corrected chi connectivity index (χ3v) is 7.41. The maximum absolute atomic E-state index is 13.0. The van der Waals surface area contributed by atoms with E-state index in [1.807, 2.05) is 26.0 Å². The lowest BCUT2D eigenvalue weighted by Crippen LogP contribution is -2.18. The second kappa shape index (κ2) is 8.60. The van der Waals surface area contributed by atoms with Crippen molar-refractivity contribution in [2.45, 2.75) is 18.7 Å². The molecule has 164 valence electrons. The van der Waals surface area contributed by atoms with Gasteiger partial charge in [-0.2, -0.15) is 0 Å². The zero-order chi connectivity index (χ0) is 22.9. The van der Waals surface area contributed by atoms with Crippen LogP contribution in [0.3, 0.4) is 0 Å². The summed E-state index contributed by atoms with van der Waals surface area (Å²) in [5.74, 6) is 0.0939. The number of carbonyl (C=O) groups excluding carboxylic acids is 1. The van der Waals surface area contributed by atoms with Gasteiger partial charge in [0.15, 0.2) is 5.13 Å². The molecule has 1 heterocycles. The molecular weight excluding hydrogens is 446 g/mol. The molecule has 0 saturated carbocycles. The maximum Gasteiger partial charge on any atom is 0.261 e. The minimum absolute atomic E-state index is 0.0607. The number of thiazole rings is 1. The molecule has 32 heavy (non-hydrogen) atoms. The Kier molecular flexibility index (Phi) is 5.86. The van der Waals surface area contributed by atoms with Crippen molar-refractivity contribution in [3.8, 4) is 5.75 Å². The van der Waals surface area contributed by atoms with Crippen molar-refractivity contribution in [2.24, 2.45) is 0 Å². The van der Waals surface area contributed by atoms with E-state index in [4.69, 9.17) is 4.74 Å². The first kappa shape index (κ1) is 21.8. The lowest BCUT2D eigenvalue weighted by Gasteiger charge is -2.12. The Morgan fingerprint density at radius 2 is 1.72 bits per heavy atom. The molecule has 0 atom stereocenters. The summed E-state index contributed by atoms with van der Waals surface area (Å²) in [6.07, 6.45) is 0. The molecule has 0 aliphatic carbocycles. The molecule has 9 heteroatoms. The number of hydrogen-bond donors (Lipinski definition) is 2. The third kappa shape index (κ3) is 4.30. The van der Waals surface area contributed by atoms with Crippen LogP contribution in [0.15, 0.2) is 65.6 Å². The van der Waals surface area contributed by atoms with Crippen LogP contribution < -0.4 is 14.8 Å². The van der Waals surface area contributed by atoms with Crippen molar-refractivity contribution in [2.75, 3.05) is 17.1 Å². The Labute approximate surface area is 190 Å². The van der Waals surface area contributed by atoms with E-state index >= 15 is 0 Å². The first-order valence-corrected chi connectivity index (χ1v) is 12.0. The number of amides is 1. The summed E-state index contributed by atoms with van der Waals surface area (Å²) in [6, 6.07) is 16.4. The molecular formula is C23H21N3O4S2. The van der Waals surface area contributed by atoms with E-state index in [2.05, 4.69) is 15.0 Å². The van der Waals surface area contributed by atoms with Crippen LogP contribution in [-0.2, 0) is 10.0 Å². The Balaban J connectivity index is 1.60. The first-order valence-electron chi connectivity index (χ1n) is 9.72. The molecule has 0 unspecified atom stereocenters. The fraction of sp³-hybridized carbons (Fsp3) is 0.130. The highest BCUT2D eigenvalue weighted by Crippen LogP contribution is 2.30. The van der Waals surface area contributed by atoms with Crippen molar-refractivity contribution in [3.63, 3.8) is 0 Å². The second-order valence-electron chi connectivity index (χ2n) is 7.15. The third-order valence-electron chi connectivity index (χ3n) is 5.09. The summed E-state index contributed by atoms with van der Waals surface area (Å²) in [5, 5.41) is 3.24. The Morgan fingerprint density at radius 1 is 1.00 bits per heavy atom. The van der Waals surface area contributed by atoms with Crippen LogP contribution in [0.25, 0.3) is 10.2 Å². The normalized spacial score (nSPS) is 11.3. The van der Waals surface area contributed by atoms with Crippen LogP contribution >= 0.6 is 11.3 Å². The Bertz CT molecular complexity index is 1410. The topological polar surface area (TPSA) is 97.4 Å².